The second kappa shape index (κ2) is 17.1. The summed E-state index contributed by atoms with van der Waals surface area (Å²) in [5, 5.41) is 13.2. The van der Waals surface area contributed by atoms with Crippen LogP contribution in [0.2, 0.25) is 0 Å². The molecule has 4 saturated heterocycles. The number of benzene rings is 3. The predicted molar refractivity (Wildman–Crippen MR) is 220 cm³/mol. The highest BCUT2D eigenvalue weighted by Gasteiger charge is 2.33. The van der Waals surface area contributed by atoms with Crippen molar-refractivity contribution >= 4 is 28.5 Å². The largest absolute Gasteiger partial charge is 0.381 e. The van der Waals surface area contributed by atoms with Gasteiger partial charge in [-0.15, -0.1) is 0 Å². The van der Waals surface area contributed by atoms with Crippen LogP contribution >= 0.6 is 0 Å². The van der Waals surface area contributed by atoms with Gasteiger partial charge in [0.05, 0.1) is 23.8 Å². The van der Waals surface area contributed by atoms with Crippen molar-refractivity contribution in [2.75, 3.05) is 38.2 Å². The van der Waals surface area contributed by atoms with E-state index in [1.807, 2.05) is 36.0 Å². The Morgan fingerprint density at radius 2 is 1.74 bits per heavy atom. The van der Waals surface area contributed by atoms with Crippen LogP contribution in [0.1, 0.15) is 82.6 Å². The molecule has 2 amide bonds. The van der Waals surface area contributed by atoms with Crippen molar-refractivity contribution in [1.82, 2.24) is 29.9 Å². The lowest BCUT2D eigenvalue weighted by Gasteiger charge is -2.45. The molecule has 3 aromatic carbocycles. The molecular weight excluding hydrogens is 720 g/mol. The lowest BCUT2D eigenvalue weighted by Crippen LogP contribution is -2.55. The number of hydrogen-bond acceptors (Lipinski definition) is 8. The number of halogens is 1. The number of piperidine rings is 3. The van der Waals surface area contributed by atoms with Gasteiger partial charge in [0, 0.05) is 79.4 Å². The highest BCUT2D eigenvalue weighted by atomic mass is 19.1. The minimum atomic E-state index is -0.612. The molecule has 4 aliphatic heterocycles. The van der Waals surface area contributed by atoms with Gasteiger partial charge in [0.1, 0.15) is 5.82 Å². The van der Waals surface area contributed by atoms with Crippen molar-refractivity contribution in [3.8, 4) is 11.1 Å². The quantitative estimate of drug-likeness (QED) is 0.116. The second-order valence-electron chi connectivity index (χ2n) is 15.7. The monoisotopic (exact) mass is 772 g/mol. The zero-order valence-corrected chi connectivity index (χ0v) is 33.0. The van der Waals surface area contributed by atoms with Gasteiger partial charge in [-0.25, -0.2) is 14.1 Å². The first-order chi connectivity index (χ1) is 27.8. The summed E-state index contributed by atoms with van der Waals surface area (Å²) >= 11 is 0. The highest BCUT2D eigenvalue weighted by molar-refractivity contribution is 5.99. The van der Waals surface area contributed by atoms with Crippen LogP contribution in [0.3, 0.4) is 0 Å². The molecule has 4 fully saturated rings. The lowest BCUT2D eigenvalue weighted by molar-refractivity contribution is 0.0720. The van der Waals surface area contributed by atoms with Crippen molar-refractivity contribution in [1.29, 1.82) is 0 Å². The maximum absolute atomic E-state index is 15.8. The van der Waals surface area contributed by atoms with Crippen molar-refractivity contribution in [3.05, 3.63) is 112 Å². The second-order valence-corrected chi connectivity index (χ2v) is 15.7. The maximum Gasteiger partial charge on any atom is 0.254 e. The van der Waals surface area contributed by atoms with Crippen LogP contribution in [-0.2, 0) is 37.3 Å². The van der Waals surface area contributed by atoms with Crippen LogP contribution < -0.4 is 16.4 Å². The smallest absolute Gasteiger partial charge is 0.254 e. The maximum atomic E-state index is 15.8. The van der Waals surface area contributed by atoms with Crippen LogP contribution in [0.4, 0.5) is 10.1 Å². The molecule has 298 valence electrons. The van der Waals surface area contributed by atoms with Crippen molar-refractivity contribution in [2.24, 2.45) is 11.7 Å². The number of amides is 2. The zero-order valence-electron chi connectivity index (χ0n) is 33.0. The molecule has 0 aliphatic carbocycles. The molecule has 4 N–H and O–H groups in total. The van der Waals surface area contributed by atoms with Crippen LogP contribution in [-0.4, -0.2) is 81.3 Å². The van der Waals surface area contributed by atoms with Gasteiger partial charge in [-0.3, -0.25) is 9.59 Å². The Balaban J connectivity index is 1.14. The summed E-state index contributed by atoms with van der Waals surface area (Å²) in [5.41, 5.74) is 12.8. The average molecular weight is 773 g/mol. The third-order valence-electron chi connectivity index (χ3n) is 12.1. The Morgan fingerprint density at radius 3 is 2.47 bits per heavy atom. The third-order valence-corrected chi connectivity index (χ3v) is 12.1. The van der Waals surface area contributed by atoms with Gasteiger partial charge < -0.3 is 30.9 Å². The van der Waals surface area contributed by atoms with E-state index in [0.717, 1.165) is 70.6 Å². The molecule has 11 nitrogen and oxygen atoms in total. The van der Waals surface area contributed by atoms with Crippen LogP contribution in [0.25, 0.3) is 22.2 Å². The molecule has 9 rings (SSSR count). The molecule has 12 heteroatoms. The Bertz CT molecular complexity index is 2240. The Morgan fingerprint density at radius 1 is 0.947 bits per heavy atom. The molecule has 2 bridgehead atoms. The fourth-order valence-electron chi connectivity index (χ4n) is 8.87. The number of aryl methyl sites for hydroxylation is 2. The molecule has 1 unspecified atom stereocenters. The summed E-state index contributed by atoms with van der Waals surface area (Å²) in [5.74, 6) is -0.509. The van der Waals surface area contributed by atoms with Gasteiger partial charge in [-0.05, 0) is 111 Å². The van der Waals surface area contributed by atoms with Crippen LogP contribution in [0, 0.1) is 11.7 Å². The molecule has 0 radical (unpaired) electrons. The van der Waals surface area contributed by atoms with Gasteiger partial charge in [-0.2, -0.15) is 5.10 Å². The highest BCUT2D eigenvalue weighted by Crippen LogP contribution is 2.34. The number of carbonyl (C=O) groups is 2. The summed E-state index contributed by atoms with van der Waals surface area (Å²) in [6.07, 6.45) is 6.68. The van der Waals surface area contributed by atoms with E-state index < -0.39 is 5.91 Å². The third kappa shape index (κ3) is 8.44. The normalized spacial score (nSPS) is 19.5. The minimum absolute atomic E-state index is 0.176. The van der Waals surface area contributed by atoms with Crippen LogP contribution in [0.15, 0.2) is 72.9 Å². The van der Waals surface area contributed by atoms with E-state index in [1.54, 1.807) is 29.2 Å². The number of hydrogen-bond donors (Lipinski definition) is 3. The SMILES string of the molecule is CCc1nc2c(cnn2CC)c(NC2CCOCC2)c1CN(Cc1ccc(F)c(-c2cccc(CNC3CN4CCC3CC4)c2)c1)C(=O)c1cccc(C(N)=O)c1. The number of nitrogens with one attached hydrogen (secondary N) is 2. The van der Waals surface area contributed by atoms with E-state index in [2.05, 4.69) is 39.7 Å². The molecule has 6 heterocycles. The summed E-state index contributed by atoms with van der Waals surface area (Å²) in [6, 6.07) is 20.3. The lowest BCUT2D eigenvalue weighted by atomic mass is 9.84. The van der Waals surface area contributed by atoms with Gasteiger partial charge in [0.2, 0.25) is 5.91 Å². The average Bonchev–Trinajstić information content (AvgIpc) is 3.67. The Kier molecular flexibility index (Phi) is 11.6. The molecule has 0 spiro atoms. The standard InChI is InChI=1S/C45H53FN8O3/c1-3-40-38(42(50-35-15-19-57-20-16-35)37-25-49-54(4-2)44(37)51-40)27-53(45(56)34-10-6-9-33(23-34)43(47)55)26-30-11-12-39(46)36(22-30)32-8-5-7-29(21-32)24-48-41-28-52-17-13-31(41)14-18-52/h5-12,21-23,25,31,35,41,48H,3-4,13-20,24,26-28H2,1-2H3,(H2,47,55)(H,50,51). The topological polar surface area (TPSA) is 131 Å². The molecule has 2 aromatic heterocycles. The molecule has 0 saturated carbocycles. The summed E-state index contributed by atoms with van der Waals surface area (Å²) in [6.45, 7) is 10.7. The number of rotatable bonds is 14. The first-order valence-corrected chi connectivity index (χ1v) is 20.5. The van der Waals surface area contributed by atoms with Gasteiger partial charge in [-0.1, -0.05) is 37.3 Å². The van der Waals surface area contributed by atoms with E-state index in [4.69, 9.17) is 15.5 Å². The number of carbonyl (C=O) groups excluding carboxylic acids is 2. The number of ether oxygens (including phenoxy) is 1. The number of aromatic nitrogens is 3. The van der Waals surface area contributed by atoms with Crippen molar-refractivity contribution in [2.45, 2.75) is 84.2 Å². The predicted octanol–water partition coefficient (Wildman–Crippen LogP) is 6.54. The van der Waals surface area contributed by atoms with E-state index >= 15 is 4.39 Å². The van der Waals surface area contributed by atoms with Crippen LogP contribution in [0.5, 0.6) is 0 Å². The van der Waals surface area contributed by atoms with E-state index in [1.165, 1.54) is 38.1 Å². The first kappa shape index (κ1) is 38.7. The summed E-state index contributed by atoms with van der Waals surface area (Å²) in [4.78, 5) is 36.3. The first-order valence-electron chi connectivity index (χ1n) is 20.5. The van der Waals surface area contributed by atoms with E-state index in [-0.39, 0.29) is 36.4 Å². The zero-order chi connectivity index (χ0) is 39.5. The van der Waals surface area contributed by atoms with Crippen molar-refractivity contribution in [3.63, 3.8) is 0 Å². The Hall–Kier alpha value is -5.17. The van der Waals surface area contributed by atoms with Gasteiger partial charge in [0.15, 0.2) is 5.65 Å². The number of pyridine rings is 1. The fourth-order valence-corrected chi connectivity index (χ4v) is 8.87. The fraction of sp³-hybridized carbons (Fsp3) is 0.422. The number of nitrogens with zero attached hydrogens (tertiary/aromatic N) is 5. The Labute approximate surface area is 333 Å². The molecule has 57 heavy (non-hydrogen) atoms. The van der Waals surface area contributed by atoms with E-state index in [0.29, 0.717) is 49.3 Å². The summed E-state index contributed by atoms with van der Waals surface area (Å²) in [7, 11) is 0. The van der Waals surface area contributed by atoms with Gasteiger partial charge >= 0.3 is 0 Å². The number of fused-ring (bicyclic) bond motifs is 4. The summed E-state index contributed by atoms with van der Waals surface area (Å²) < 4.78 is 23.3. The van der Waals surface area contributed by atoms with Gasteiger partial charge in [0.25, 0.3) is 5.91 Å². The molecule has 1 atom stereocenters. The molecular formula is C45H53FN8O3. The molecule has 4 aliphatic rings. The minimum Gasteiger partial charge on any atom is -0.381 e. The number of nitrogens with two attached hydrogens (primary N) is 1. The molecule has 5 aromatic rings. The number of primary amides is 1. The van der Waals surface area contributed by atoms with Crippen molar-refractivity contribution < 1.29 is 18.7 Å². The number of anilines is 1. The van der Waals surface area contributed by atoms with E-state index in [9.17, 15) is 9.59 Å².